The highest BCUT2D eigenvalue weighted by Crippen LogP contribution is 2.36. The SMILES string of the molecule is Cc1c(-c2ccccc2)cccc1-c1nc2c(s1)CN(C)CC2. The molecule has 0 unspecified atom stereocenters. The molecule has 3 heteroatoms. The van der Waals surface area contributed by atoms with Crippen LogP contribution in [0.25, 0.3) is 21.7 Å². The summed E-state index contributed by atoms with van der Waals surface area (Å²) in [6, 6.07) is 17.2. The topological polar surface area (TPSA) is 16.1 Å². The maximum atomic E-state index is 4.94. The molecule has 0 N–H and O–H groups in total. The van der Waals surface area contributed by atoms with Crippen LogP contribution in [-0.2, 0) is 13.0 Å². The van der Waals surface area contributed by atoms with Crippen molar-refractivity contribution in [2.24, 2.45) is 0 Å². The number of thiazole rings is 1. The average Bonchev–Trinajstić information content (AvgIpc) is 2.98. The molecule has 0 bridgehead atoms. The van der Waals surface area contributed by atoms with Gasteiger partial charge in [0.25, 0.3) is 0 Å². The predicted molar refractivity (Wildman–Crippen MR) is 97.8 cm³/mol. The Labute approximate surface area is 141 Å². The molecule has 1 aliphatic rings. The molecule has 4 rings (SSSR count). The van der Waals surface area contributed by atoms with Gasteiger partial charge in [0.2, 0.25) is 0 Å². The molecule has 2 nitrogen and oxygen atoms in total. The molecular formula is C20H20N2S. The summed E-state index contributed by atoms with van der Waals surface area (Å²) in [4.78, 5) is 8.74. The molecule has 0 fully saturated rings. The Morgan fingerprint density at radius 2 is 1.78 bits per heavy atom. The number of rotatable bonds is 2. The first-order valence-electron chi connectivity index (χ1n) is 8.05. The van der Waals surface area contributed by atoms with E-state index in [1.54, 1.807) is 0 Å². The number of hydrogen-bond donors (Lipinski definition) is 0. The molecule has 1 aromatic heterocycles. The van der Waals surface area contributed by atoms with Gasteiger partial charge in [-0.2, -0.15) is 0 Å². The summed E-state index contributed by atoms with van der Waals surface area (Å²) in [6.45, 7) is 4.35. The minimum Gasteiger partial charge on any atom is -0.301 e. The van der Waals surface area contributed by atoms with Crippen molar-refractivity contribution in [3.8, 4) is 21.7 Å². The van der Waals surface area contributed by atoms with E-state index in [9.17, 15) is 0 Å². The van der Waals surface area contributed by atoms with Crippen molar-refractivity contribution in [3.63, 3.8) is 0 Å². The van der Waals surface area contributed by atoms with Crippen molar-refractivity contribution in [1.29, 1.82) is 0 Å². The number of hydrogen-bond acceptors (Lipinski definition) is 3. The Morgan fingerprint density at radius 3 is 2.61 bits per heavy atom. The van der Waals surface area contributed by atoms with Crippen LogP contribution in [0.5, 0.6) is 0 Å². The van der Waals surface area contributed by atoms with Gasteiger partial charge < -0.3 is 4.90 Å². The zero-order chi connectivity index (χ0) is 15.8. The highest BCUT2D eigenvalue weighted by atomic mass is 32.1. The van der Waals surface area contributed by atoms with Crippen LogP contribution in [0.2, 0.25) is 0 Å². The van der Waals surface area contributed by atoms with Crippen molar-refractivity contribution in [3.05, 3.63) is 64.7 Å². The second kappa shape index (κ2) is 5.91. The van der Waals surface area contributed by atoms with Crippen molar-refractivity contribution in [1.82, 2.24) is 9.88 Å². The van der Waals surface area contributed by atoms with Gasteiger partial charge in [-0.25, -0.2) is 4.98 Å². The van der Waals surface area contributed by atoms with E-state index in [-0.39, 0.29) is 0 Å². The molecule has 0 saturated heterocycles. The van der Waals surface area contributed by atoms with Gasteiger partial charge >= 0.3 is 0 Å². The van der Waals surface area contributed by atoms with E-state index in [4.69, 9.17) is 4.98 Å². The Bertz CT molecular complexity index is 836. The predicted octanol–water partition coefficient (Wildman–Crippen LogP) is 4.77. The largest absolute Gasteiger partial charge is 0.301 e. The number of likely N-dealkylation sites (N-methyl/N-ethyl adjacent to an activating group) is 1. The van der Waals surface area contributed by atoms with E-state index in [0.717, 1.165) is 19.5 Å². The van der Waals surface area contributed by atoms with Gasteiger partial charge in [-0.15, -0.1) is 11.3 Å². The van der Waals surface area contributed by atoms with Gasteiger partial charge in [-0.3, -0.25) is 0 Å². The maximum Gasteiger partial charge on any atom is 0.124 e. The maximum absolute atomic E-state index is 4.94. The summed E-state index contributed by atoms with van der Waals surface area (Å²) in [7, 11) is 2.18. The molecule has 0 spiro atoms. The minimum absolute atomic E-state index is 1.03. The van der Waals surface area contributed by atoms with Gasteiger partial charge in [0.05, 0.1) is 5.69 Å². The van der Waals surface area contributed by atoms with Gasteiger partial charge in [0.1, 0.15) is 5.01 Å². The zero-order valence-corrected chi connectivity index (χ0v) is 14.4. The van der Waals surface area contributed by atoms with Gasteiger partial charge in [0, 0.05) is 30.0 Å². The molecule has 0 atom stereocenters. The van der Waals surface area contributed by atoms with Crippen molar-refractivity contribution >= 4 is 11.3 Å². The Hall–Kier alpha value is -1.97. The second-order valence-corrected chi connectivity index (χ2v) is 7.30. The molecule has 3 aromatic rings. The summed E-state index contributed by atoms with van der Waals surface area (Å²) < 4.78 is 0. The molecule has 0 aliphatic carbocycles. The van der Waals surface area contributed by atoms with E-state index in [1.807, 2.05) is 11.3 Å². The lowest BCUT2D eigenvalue weighted by Gasteiger charge is -2.20. The fourth-order valence-electron chi connectivity index (χ4n) is 3.24. The molecule has 2 aromatic carbocycles. The van der Waals surface area contributed by atoms with Crippen LogP contribution >= 0.6 is 11.3 Å². The summed E-state index contributed by atoms with van der Waals surface area (Å²) in [6.07, 6.45) is 1.07. The minimum atomic E-state index is 1.03. The Morgan fingerprint density at radius 1 is 1.00 bits per heavy atom. The molecule has 1 aliphatic heterocycles. The highest BCUT2D eigenvalue weighted by Gasteiger charge is 2.20. The average molecular weight is 320 g/mol. The van der Waals surface area contributed by atoms with Gasteiger partial charge in [0.15, 0.2) is 0 Å². The van der Waals surface area contributed by atoms with Crippen LogP contribution < -0.4 is 0 Å². The van der Waals surface area contributed by atoms with Crippen LogP contribution in [0.3, 0.4) is 0 Å². The van der Waals surface area contributed by atoms with Crippen LogP contribution in [0.4, 0.5) is 0 Å². The number of nitrogens with zero attached hydrogens (tertiary/aromatic N) is 2. The first kappa shape index (κ1) is 14.6. The second-order valence-electron chi connectivity index (χ2n) is 6.22. The lowest BCUT2D eigenvalue weighted by molar-refractivity contribution is 0.314. The van der Waals surface area contributed by atoms with Crippen molar-refractivity contribution < 1.29 is 0 Å². The molecule has 116 valence electrons. The standard InChI is InChI=1S/C20H20N2S/c1-14-16(15-7-4-3-5-8-15)9-6-10-17(14)20-21-18-11-12-22(2)13-19(18)23-20/h3-10H,11-13H2,1-2H3. The summed E-state index contributed by atoms with van der Waals surface area (Å²) in [5.41, 5.74) is 6.46. The molecule has 0 radical (unpaired) electrons. The Kier molecular flexibility index (Phi) is 3.76. The van der Waals surface area contributed by atoms with Crippen LogP contribution in [0.1, 0.15) is 16.1 Å². The molecule has 23 heavy (non-hydrogen) atoms. The molecule has 2 heterocycles. The van der Waals surface area contributed by atoms with E-state index < -0.39 is 0 Å². The lowest BCUT2D eigenvalue weighted by atomic mass is 9.97. The quantitative estimate of drug-likeness (QED) is 0.676. The number of aromatic nitrogens is 1. The van der Waals surface area contributed by atoms with E-state index in [1.165, 1.54) is 37.8 Å². The fraction of sp³-hybridized carbons (Fsp3) is 0.250. The van der Waals surface area contributed by atoms with Crippen LogP contribution in [-0.4, -0.2) is 23.5 Å². The lowest BCUT2D eigenvalue weighted by Crippen LogP contribution is -2.25. The first-order valence-corrected chi connectivity index (χ1v) is 8.86. The molecular weight excluding hydrogens is 300 g/mol. The summed E-state index contributed by atoms with van der Waals surface area (Å²) in [5.74, 6) is 0. The monoisotopic (exact) mass is 320 g/mol. The third-order valence-corrected chi connectivity index (χ3v) is 5.69. The zero-order valence-electron chi connectivity index (χ0n) is 13.5. The fourth-order valence-corrected chi connectivity index (χ4v) is 4.51. The third-order valence-electron chi connectivity index (χ3n) is 4.57. The van der Waals surface area contributed by atoms with Crippen LogP contribution in [0.15, 0.2) is 48.5 Å². The van der Waals surface area contributed by atoms with Crippen molar-refractivity contribution in [2.45, 2.75) is 19.9 Å². The van der Waals surface area contributed by atoms with Gasteiger partial charge in [-0.05, 0) is 30.7 Å². The number of benzene rings is 2. The summed E-state index contributed by atoms with van der Waals surface area (Å²) >= 11 is 1.86. The van der Waals surface area contributed by atoms with E-state index >= 15 is 0 Å². The van der Waals surface area contributed by atoms with E-state index in [0.29, 0.717) is 0 Å². The van der Waals surface area contributed by atoms with Gasteiger partial charge in [-0.1, -0.05) is 48.5 Å². The third kappa shape index (κ3) is 2.71. The summed E-state index contributed by atoms with van der Waals surface area (Å²) in [5, 5.41) is 1.17. The smallest absolute Gasteiger partial charge is 0.124 e. The van der Waals surface area contributed by atoms with Crippen LogP contribution in [0, 0.1) is 6.92 Å². The van der Waals surface area contributed by atoms with E-state index in [2.05, 4.69) is 67.4 Å². The Balaban J connectivity index is 1.79. The molecule has 0 amide bonds. The molecule has 0 saturated carbocycles. The number of fused-ring (bicyclic) bond motifs is 1. The highest BCUT2D eigenvalue weighted by molar-refractivity contribution is 7.15. The normalized spacial score (nSPS) is 14.7. The van der Waals surface area contributed by atoms with Crippen molar-refractivity contribution in [2.75, 3.05) is 13.6 Å². The first-order chi connectivity index (χ1) is 11.2.